The summed E-state index contributed by atoms with van der Waals surface area (Å²) in [6.07, 6.45) is 8.45. The highest BCUT2D eigenvalue weighted by atomic mass is 15.2. The molecule has 1 aliphatic carbocycles. The highest BCUT2D eigenvalue weighted by molar-refractivity contribution is 4.91. The Morgan fingerprint density at radius 3 is 2.86 bits per heavy atom. The first-order valence-corrected chi connectivity index (χ1v) is 6.28. The summed E-state index contributed by atoms with van der Waals surface area (Å²) in [5.41, 5.74) is 5.65. The Labute approximate surface area is 87.8 Å². The summed E-state index contributed by atoms with van der Waals surface area (Å²) in [5, 5.41) is 0. The average Bonchev–Trinajstić information content (AvgIpc) is 2.65. The molecule has 0 bridgehead atoms. The summed E-state index contributed by atoms with van der Waals surface area (Å²) in [5.74, 6) is 1.02. The molecule has 3 unspecified atom stereocenters. The molecule has 2 rings (SSSR count). The molecule has 2 nitrogen and oxygen atoms in total. The molecule has 82 valence electrons. The lowest BCUT2D eigenvalue weighted by Crippen LogP contribution is -2.47. The van der Waals surface area contributed by atoms with Crippen LogP contribution in [0.1, 0.15) is 45.4 Å². The van der Waals surface area contributed by atoms with Crippen LogP contribution >= 0.6 is 0 Å². The number of nitrogens with two attached hydrogens (primary N) is 1. The minimum absolute atomic E-state index is 0.714. The number of rotatable bonds is 3. The molecule has 0 amide bonds. The van der Waals surface area contributed by atoms with Crippen LogP contribution in [0.4, 0.5) is 0 Å². The molecule has 14 heavy (non-hydrogen) atoms. The molecule has 1 aliphatic heterocycles. The van der Waals surface area contributed by atoms with E-state index in [4.69, 9.17) is 5.73 Å². The fourth-order valence-corrected chi connectivity index (χ4v) is 3.45. The van der Waals surface area contributed by atoms with Gasteiger partial charge in [-0.1, -0.05) is 6.42 Å². The molecule has 1 saturated carbocycles. The lowest BCUT2D eigenvalue weighted by atomic mass is 9.90. The minimum Gasteiger partial charge on any atom is -0.330 e. The molecular weight excluding hydrogens is 172 g/mol. The van der Waals surface area contributed by atoms with E-state index in [0.29, 0.717) is 6.04 Å². The molecule has 2 N–H and O–H groups in total. The zero-order chi connectivity index (χ0) is 9.97. The third-order valence-electron chi connectivity index (χ3n) is 4.19. The number of piperidine rings is 1. The van der Waals surface area contributed by atoms with Crippen LogP contribution in [0, 0.1) is 5.92 Å². The third-order valence-corrected chi connectivity index (χ3v) is 4.19. The fourth-order valence-electron chi connectivity index (χ4n) is 3.45. The molecule has 2 fully saturated rings. The number of hydrogen-bond donors (Lipinski definition) is 1. The van der Waals surface area contributed by atoms with E-state index in [1.165, 1.54) is 45.1 Å². The van der Waals surface area contributed by atoms with Gasteiger partial charge in [0.15, 0.2) is 0 Å². The molecule has 0 spiro atoms. The molecule has 1 saturated heterocycles. The van der Waals surface area contributed by atoms with Gasteiger partial charge in [0, 0.05) is 12.1 Å². The highest BCUT2D eigenvalue weighted by Crippen LogP contribution is 2.37. The van der Waals surface area contributed by atoms with Crippen molar-refractivity contribution in [1.29, 1.82) is 0 Å². The van der Waals surface area contributed by atoms with E-state index in [1.807, 2.05) is 0 Å². The van der Waals surface area contributed by atoms with E-state index in [2.05, 4.69) is 11.8 Å². The molecule has 2 aliphatic rings. The number of likely N-dealkylation sites (tertiary alicyclic amines) is 1. The zero-order valence-electron chi connectivity index (χ0n) is 9.41. The molecule has 3 atom stereocenters. The van der Waals surface area contributed by atoms with Crippen LogP contribution in [0.3, 0.4) is 0 Å². The van der Waals surface area contributed by atoms with Crippen molar-refractivity contribution in [2.75, 3.05) is 13.1 Å². The first-order valence-electron chi connectivity index (χ1n) is 6.28. The third kappa shape index (κ3) is 1.96. The highest BCUT2D eigenvalue weighted by Gasteiger charge is 2.36. The maximum atomic E-state index is 5.65. The van der Waals surface area contributed by atoms with Crippen LogP contribution in [0.2, 0.25) is 0 Å². The van der Waals surface area contributed by atoms with Gasteiger partial charge in [-0.05, 0) is 58.0 Å². The van der Waals surface area contributed by atoms with Crippen molar-refractivity contribution in [2.45, 2.75) is 57.5 Å². The second-order valence-corrected chi connectivity index (χ2v) is 5.06. The Balaban J connectivity index is 1.95. The van der Waals surface area contributed by atoms with Crippen molar-refractivity contribution in [3.63, 3.8) is 0 Å². The Bertz CT molecular complexity index is 181. The molecule has 0 aromatic rings. The SMILES string of the molecule is CC(CCN)N1CCCC2CCCC21. The van der Waals surface area contributed by atoms with Crippen LogP contribution in [-0.4, -0.2) is 30.1 Å². The summed E-state index contributed by atoms with van der Waals surface area (Å²) in [6.45, 7) is 4.52. The van der Waals surface area contributed by atoms with Crippen molar-refractivity contribution in [1.82, 2.24) is 4.90 Å². The summed E-state index contributed by atoms with van der Waals surface area (Å²) in [4.78, 5) is 2.74. The summed E-state index contributed by atoms with van der Waals surface area (Å²) < 4.78 is 0. The quantitative estimate of drug-likeness (QED) is 0.748. The van der Waals surface area contributed by atoms with Gasteiger partial charge in [-0.25, -0.2) is 0 Å². The maximum Gasteiger partial charge on any atom is 0.0126 e. The normalized spacial score (nSPS) is 35.6. The molecule has 0 aromatic heterocycles. The van der Waals surface area contributed by atoms with E-state index in [-0.39, 0.29) is 0 Å². The van der Waals surface area contributed by atoms with E-state index < -0.39 is 0 Å². The van der Waals surface area contributed by atoms with Gasteiger partial charge < -0.3 is 5.73 Å². The predicted octanol–water partition coefficient (Wildman–Crippen LogP) is 1.99. The molecule has 2 heteroatoms. The monoisotopic (exact) mass is 196 g/mol. The molecule has 1 heterocycles. The van der Waals surface area contributed by atoms with Crippen molar-refractivity contribution < 1.29 is 0 Å². The zero-order valence-corrected chi connectivity index (χ0v) is 9.41. The van der Waals surface area contributed by atoms with Gasteiger partial charge in [0.25, 0.3) is 0 Å². The van der Waals surface area contributed by atoms with Crippen molar-refractivity contribution in [2.24, 2.45) is 11.7 Å². The first kappa shape index (κ1) is 10.4. The number of nitrogens with zero attached hydrogens (tertiary/aromatic N) is 1. The second kappa shape index (κ2) is 4.63. The Morgan fingerprint density at radius 1 is 1.29 bits per heavy atom. The van der Waals surface area contributed by atoms with Crippen LogP contribution < -0.4 is 5.73 Å². The van der Waals surface area contributed by atoms with E-state index in [0.717, 1.165) is 18.5 Å². The molecular formula is C12H24N2. The van der Waals surface area contributed by atoms with Gasteiger partial charge in [0.1, 0.15) is 0 Å². The van der Waals surface area contributed by atoms with Crippen LogP contribution in [0.5, 0.6) is 0 Å². The van der Waals surface area contributed by atoms with E-state index >= 15 is 0 Å². The minimum atomic E-state index is 0.714. The maximum absolute atomic E-state index is 5.65. The number of hydrogen-bond acceptors (Lipinski definition) is 2. The largest absolute Gasteiger partial charge is 0.330 e. The summed E-state index contributed by atoms with van der Waals surface area (Å²) in [7, 11) is 0. The fraction of sp³-hybridized carbons (Fsp3) is 1.00. The Kier molecular flexibility index (Phi) is 3.45. The van der Waals surface area contributed by atoms with Crippen LogP contribution in [0.25, 0.3) is 0 Å². The lowest BCUT2D eigenvalue weighted by molar-refractivity contribution is 0.0720. The lowest BCUT2D eigenvalue weighted by Gasteiger charge is -2.41. The van der Waals surface area contributed by atoms with Gasteiger partial charge in [0.2, 0.25) is 0 Å². The van der Waals surface area contributed by atoms with Gasteiger partial charge in [-0.3, -0.25) is 4.90 Å². The number of fused-ring (bicyclic) bond motifs is 1. The second-order valence-electron chi connectivity index (χ2n) is 5.06. The van der Waals surface area contributed by atoms with Gasteiger partial charge in [-0.15, -0.1) is 0 Å². The predicted molar refractivity (Wildman–Crippen MR) is 60.2 cm³/mol. The summed E-state index contributed by atoms with van der Waals surface area (Å²) >= 11 is 0. The topological polar surface area (TPSA) is 29.3 Å². The van der Waals surface area contributed by atoms with Crippen molar-refractivity contribution >= 4 is 0 Å². The smallest absolute Gasteiger partial charge is 0.0126 e. The van der Waals surface area contributed by atoms with E-state index in [1.54, 1.807) is 0 Å². The molecule has 0 aromatic carbocycles. The van der Waals surface area contributed by atoms with Gasteiger partial charge >= 0.3 is 0 Å². The molecule has 0 radical (unpaired) electrons. The van der Waals surface area contributed by atoms with E-state index in [9.17, 15) is 0 Å². The van der Waals surface area contributed by atoms with Crippen molar-refractivity contribution in [3.8, 4) is 0 Å². The van der Waals surface area contributed by atoms with Crippen LogP contribution in [-0.2, 0) is 0 Å². The van der Waals surface area contributed by atoms with Gasteiger partial charge in [0.05, 0.1) is 0 Å². The standard InChI is InChI=1S/C12H24N2/c1-10(7-8-13)14-9-3-5-11-4-2-6-12(11)14/h10-12H,2-9,13H2,1H3. The Hall–Kier alpha value is -0.0800. The first-order chi connectivity index (χ1) is 6.83. The summed E-state index contributed by atoms with van der Waals surface area (Å²) in [6, 6.07) is 1.62. The average molecular weight is 196 g/mol. The van der Waals surface area contributed by atoms with Crippen molar-refractivity contribution in [3.05, 3.63) is 0 Å². The Morgan fingerprint density at radius 2 is 2.07 bits per heavy atom. The van der Waals surface area contributed by atoms with Crippen LogP contribution in [0.15, 0.2) is 0 Å². The van der Waals surface area contributed by atoms with Gasteiger partial charge in [-0.2, -0.15) is 0 Å².